The summed E-state index contributed by atoms with van der Waals surface area (Å²) >= 11 is 0. The Morgan fingerprint density at radius 3 is 0.814 bits per heavy atom. The van der Waals surface area contributed by atoms with E-state index in [-0.39, 0.29) is 5.97 Å². The normalized spacial score (nSPS) is 16.4. The fourth-order valence-corrected chi connectivity index (χ4v) is 46.7. The van der Waals surface area contributed by atoms with Crippen LogP contribution in [0.4, 0.5) is 0 Å². The second kappa shape index (κ2) is 57.8. The Balaban J connectivity index is 3.07. The van der Waals surface area contributed by atoms with Crippen LogP contribution in [-0.4, -0.2) is 263 Å². The van der Waals surface area contributed by atoms with E-state index in [0.29, 0.717) is 12.2 Å². The van der Waals surface area contributed by atoms with Crippen molar-refractivity contribution < 1.29 is 108 Å². The summed E-state index contributed by atoms with van der Waals surface area (Å²) in [4.78, 5) is 11.3. The van der Waals surface area contributed by atoms with Gasteiger partial charge in [0, 0.05) is 5.57 Å². The maximum absolute atomic E-state index is 11.3. The van der Waals surface area contributed by atoms with Gasteiger partial charge in [0.15, 0.2) is 0 Å². The van der Waals surface area contributed by atoms with Crippen molar-refractivity contribution in [2.45, 2.75) is 25.8 Å². The van der Waals surface area contributed by atoms with Gasteiger partial charge in [-0.25, -0.2) is 4.79 Å². The highest BCUT2D eigenvalue weighted by Crippen LogP contribution is 1.99. The van der Waals surface area contributed by atoms with Crippen LogP contribution in [0.25, 0.3) is 0 Å². The number of unbranched alkanes of at least 4 members (excludes halogenated alkanes) is 1. The van der Waals surface area contributed by atoms with E-state index >= 15 is 0 Å². The molecule has 0 aromatic heterocycles. The smallest absolute Gasteiger partial charge is 0.333 e. The van der Waals surface area contributed by atoms with Crippen molar-refractivity contribution in [3.63, 3.8) is 0 Å². The lowest BCUT2D eigenvalue weighted by molar-refractivity contribution is -0.139. The quantitative estimate of drug-likeness (QED) is 0.0238. The second-order valence-corrected chi connectivity index (χ2v) is 56.8. The number of carbonyl (C=O) groups excluding carboxylic acids is 1. The molecule has 0 amide bonds. The molecule has 0 aromatic carbocycles. The summed E-state index contributed by atoms with van der Waals surface area (Å²) in [6.45, 7) is 5.63. The number of rotatable bonds is 53. The summed E-state index contributed by atoms with van der Waals surface area (Å²) in [6.07, 6.45) is 1.83. The zero-order chi connectivity index (χ0) is 42.6. The highest BCUT2D eigenvalue weighted by molar-refractivity contribution is 6.53. The molecule has 0 spiro atoms. The van der Waals surface area contributed by atoms with Crippen LogP contribution in [0.1, 0.15) is 19.8 Å². The maximum Gasteiger partial charge on any atom is 0.333 e. The monoisotopic (exact) mass is 1280 g/mol. The first-order chi connectivity index (χ1) is 29.2. The third-order valence-corrected chi connectivity index (χ3v) is 38.3. The molecule has 26 nitrogen and oxygen atoms in total. The van der Waals surface area contributed by atoms with Crippen LogP contribution in [-0.2, 0) is 108 Å². The Morgan fingerprint density at radius 1 is 0.373 bits per heavy atom. The van der Waals surface area contributed by atoms with Crippen LogP contribution in [0.3, 0.4) is 0 Å². The Labute approximate surface area is 405 Å². The van der Waals surface area contributed by atoms with Crippen molar-refractivity contribution in [1.82, 2.24) is 0 Å². The molecule has 0 saturated heterocycles. The molecular weight excluding hydrogens is 1210 g/mol. The average Bonchev–Trinajstić information content (AvgIpc) is 3.24. The third-order valence-electron chi connectivity index (χ3n) is 5.38. The fraction of sp³-hybridized carbons (Fsp3) is 0.625. The molecule has 352 valence electrons. The lowest BCUT2D eigenvalue weighted by Crippen LogP contribution is -2.23. The number of hydrogen-bond donors (Lipinski definition) is 0. The fourth-order valence-electron chi connectivity index (χ4n) is 2.96. The molecule has 0 fully saturated rings. The minimum atomic E-state index is -1.07. The summed E-state index contributed by atoms with van der Waals surface area (Å²) in [5, 5.41) is 0. The molecule has 59 heavy (non-hydrogen) atoms. The van der Waals surface area contributed by atoms with Gasteiger partial charge in [0.25, 0.3) is 230 Å². The van der Waals surface area contributed by atoms with Gasteiger partial charge in [0.1, 0.15) is 20.2 Å². The van der Waals surface area contributed by atoms with Crippen molar-refractivity contribution in [2.24, 2.45) is 0 Å². The van der Waals surface area contributed by atoms with Gasteiger partial charge in [-0.1, -0.05) is 13.0 Å². The van der Waals surface area contributed by atoms with Crippen LogP contribution in [0.5, 0.6) is 0 Å². The minimum absolute atomic E-state index is 0.330. The molecule has 0 aliphatic carbocycles. The van der Waals surface area contributed by atoms with E-state index in [1.165, 1.54) is 0 Å². The van der Waals surface area contributed by atoms with E-state index in [4.69, 9.17) is 104 Å². The van der Waals surface area contributed by atoms with Crippen LogP contribution in [0.15, 0.2) is 12.2 Å². The number of carbonyl (C=O) groups is 1. The third kappa shape index (κ3) is 57.7. The number of esters is 1. The molecule has 0 heterocycles. The second-order valence-electron chi connectivity index (χ2n) is 10.4. The lowest BCUT2D eigenvalue weighted by atomic mass is 10.3. The van der Waals surface area contributed by atoms with Gasteiger partial charge in [-0.2, -0.15) is 0 Å². The maximum atomic E-state index is 11.3. The van der Waals surface area contributed by atoms with Gasteiger partial charge in [0.2, 0.25) is 0 Å². The summed E-state index contributed by atoms with van der Waals surface area (Å²) in [5.41, 5.74) is 0.426. The van der Waals surface area contributed by atoms with Gasteiger partial charge in [-0.05, 0) is 19.4 Å². The predicted molar refractivity (Wildman–Crippen MR) is 281 cm³/mol. The minimum Gasteiger partial charge on any atom is -0.462 e. The standard InChI is InChI=1S/C8H64O26Si25/c1-7(2)8(9)10-5-3-4-6-36-12-38-14-40-16-42-18-44-20-46-22-48-24-50-26-52-28-54-30-56-32-58-34-59-33-57-31-55-29-53-27-51-25-49-23-47-21-45-19-43-17-41-15-39-13-37-11-35/h1,3-6,36-59H2,2,35H3. The molecule has 0 unspecified atom stereocenters. The largest absolute Gasteiger partial charge is 0.462 e. The molecule has 0 saturated carbocycles. The van der Waals surface area contributed by atoms with Gasteiger partial charge in [-0.3, -0.25) is 0 Å². The molecular formula is C8H64O26Si25. The topological polar surface area (TPSA) is 248 Å². The molecule has 0 N–H and O–H groups in total. The Bertz CT molecular complexity index is 860. The number of ether oxygens (including phenoxy) is 1. The van der Waals surface area contributed by atoms with E-state index in [9.17, 15) is 4.79 Å². The molecule has 0 rings (SSSR count). The summed E-state index contributed by atoms with van der Waals surface area (Å²) in [6, 6.07) is 1.04. The molecule has 0 radical (unpaired) electrons. The van der Waals surface area contributed by atoms with Crippen molar-refractivity contribution in [3.8, 4) is 0 Å². The van der Waals surface area contributed by atoms with Crippen molar-refractivity contribution in [2.75, 3.05) is 6.61 Å². The zero-order valence-corrected chi connectivity index (χ0v) is 70.1. The van der Waals surface area contributed by atoms with Gasteiger partial charge in [0.05, 0.1) is 6.61 Å². The summed E-state index contributed by atoms with van der Waals surface area (Å²) < 4.78 is 137. The van der Waals surface area contributed by atoms with Gasteiger partial charge in [-0.15, -0.1) is 0 Å². The van der Waals surface area contributed by atoms with Gasteiger partial charge >= 0.3 is 5.97 Å². The number of hydrogen-bond acceptors (Lipinski definition) is 26. The lowest BCUT2D eigenvalue weighted by Gasteiger charge is -2.10. The predicted octanol–water partition coefficient (Wildman–Crippen LogP) is -23.0. The van der Waals surface area contributed by atoms with E-state index in [1.54, 1.807) is 6.92 Å². The van der Waals surface area contributed by atoms with Crippen molar-refractivity contribution >= 4 is 256 Å². The molecule has 0 bridgehead atoms. The Hall–Kier alpha value is 3.67. The van der Waals surface area contributed by atoms with Gasteiger partial charge < -0.3 is 104 Å². The first-order valence-electron chi connectivity index (χ1n) is 17.8. The van der Waals surface area contributed by atoms with Crippen LogP contribution < -0.4 is 0 Å². The Kier molecular flexibility index (Phi) is 61.4. The average molecular weight is 1280 g/mol. The molecule has 0 aliphatic rings. The highest BCUT2D eigenvalue weighted by Gasteiger charge is 2.03. The Morgan fingerprint density at radius 2 is 0.593 bits per heavy atom. The molecule has 51 heteroatoms. The molecule has 0 aromatic rings. The highest BCUT2D eigenvalue weighted by atomic mass is 28.4. The van der Waals surface area contributed by atoms with E-state index in [0.717, 1.165) is 29.4 Å². The zero-order valence-electron chi connectivity index (χ0n) is 34.1. The van der Waals surface area contributed by atoms with Crippen molar-refractivity contribution in [1.29, 1.82) is 0 Å². The SMILES string of the molecule is C=C(C)C(=O)OCCCC[SiH2]O[SiH2]O[SiH2]O[SiH2]O[SiH2]O[SiH2]O[SiH2]O[SiH2]O[SiH2]O[SiH2]O[SiH2]O[SiH2]O[SiH2]O[SiH2]O[SiH2]O[SiH2]O[SiH2]O[SiH2]O[SiH2]O[SiH2]O[SiH2]O[SiH2]O[SiH2]O[SiH2]O[SiH3]. The first-order valence-corrected chi connectivity index (χ1v) is 46.7. The summed E-state index contributed by atoms with van der Waals surface area (Å²) in [5.74, 6) is -0.330. The van der Waals surface area contributed by atoms with E-state index in [2.05, 4.69) is 6.58 Å². The van der Waals surface area contributed by atoms with Crippen LogP contribution in [0, 0.1) is 0 Å². The molecule has 0 aliphatic heterocycles. The van der Waals surface area contributed by atoms with E-state index in [1.807, 2.05) is 0 Å². The molecule has 0 atom stereocenters. The first kappa shape index (κ1) is 62.7. The van der Waals surface area contributed by atoms with Crippen LogP contribution >= 0.6 is 0 Å². The summed E-state index contributed by atoms with van der Waals surface area (Å²) in [7, 11) is -23.5. The van der Waals surface area contributed by atoms with E-state index < -0.39 is 240 Å². The van der Waals surface area contributed by atoms with Crippen LogP contribution in [0.2, 0.25) is 6.04 Å². The van der Waals surface area contributed by atoms with Crippen molar-refractivity contribution in [3.05, 3.63) is 12.2 Å².